The van der Waals surface area contributed by atoms with E-state index >= 15 is 0 Å². The maximum Gasteiger partial charge on any atom is 0.523 e. The summed E-state index contributed by atoms with van der Waals surface area (Å²) in [6, 6.07) is 67.1. The fraction of sp³-hybridized carbons (Fsp3) is 0.270. The minimum absolute atomic E-state index is 0.0628. The van der Waals surface area contributed by atoms with E-state index in [2.05, 4.69) is 70.0 Å². The predicted molar refractivity (Wildman–Crippen MR) is 403 cm³/mol. The van der Waals surface area contributed by atoms with Gasteiger partial charge < -0.3 is 46.9 Å². The molecular formula is C74H81Cl4F3N4O13P2S3. The fourth-order valence-corrected chi connectivity index (χ4v) is 16.2. The van der Waals surface area contributed by atoms with Crippen molar-refractivity contribution in [2.75, 3.05) is 34.0 Å². The Hall–Kier alpha value is -6.12. The van der Waals surface area contributed by atoms with Crippen LogP contribution in [-0.2, 0) is 104 Å². The van der Waals surface area contributed by atoms with Gasteiger partial charge >= 0.3 is 30.8 Å². The minimum Gasteiger partial charge on any atom is -0.388 e. The lowest BCUT2D eigenvalue weighted by molar-refractivity contribution is -0.0534. The maximum absolute atomic E-state index is 12.7. The number of ether oxygens (including phenoxy) is 2. The topological polar surface area (TPSA) is 209 Å². The van der Waals surface area contributed by atoms with Crippen molar-refractivity contribution in [3.63, 3.8) is 0 Å². The highest BCUT2D eigenvalue weighted by molar-refractivity contribution is 7.99. The fourth-order valence-electron chi connectivity index (χ4n) is 9.04. The molecule has 0 aliphatic heterocycles. The maximum atomic E-state index is 12.7. The number of rotatable bonds is 29. The Morgan fingerprint density at radius 1 is 0.456 bits per heavy atom. The summed E-state index contributed by atoms with van der Waals surface area (Å²) in [5.74, 6) is 1.78. The Morgan fingerprint density at radius 3 is 0.961 bits per heavy atom. The molecule has 0 spiro atoms. The Balaban J connectivity index is 0.000000214. The van der Waals surface area contributed by atoms with Crippen molar-refractivity contribution in [2.24, 2.45) is 0 Å². The molecule has 0 bridgehead atoms. The molecule has 10 rings (SSSR count). The molecule has 2 heterocycles. The molecule has 552 valence electrons. The molecule has 103 heavy (non-hydrogen) atoms. The largest absolute Gasteiger partial charge is 0.523 e. The van der Waals surface area contributed by atoms with Crippen molar-refractivity contribution in [3.05, 3.63) is 295 Å². The van der Waals surface area contributed by atoms with Gasteiger partial charge in [-0.25, -0.2) is 9.97 Å². The van der Waals surface area contributed by atoms with Crippen LogP contribution in [0, 0.1) is 0 Å². The van der Waals surface area contributed by atoms with Gasteiger partial charge in [0.2, 0.25) is 0 Å². The summed E-state index contributed by atoms with van der Waals surface area (Å²) in [7, 11) is -8.79. The molecule has 2 N–H and O–H groups in total. The van der Waals surface area contributed by atoms with Crippen LogP contribution in [0.4, 0.5) is 13.2 Å². The molecule has 0 aliphatic rings. The second kappa shape index (κ2) is 43.5. The monoisotopic (exact) mass is 1590 g/mol. The van der Waals surface area contributed by atoms with Gasteiger partial charge in [-0.05, 0) is 81.6 Å². The number of aliphatic hydroxyl groups excluding tert-OH is 2. The second-order valence-corrected chi connectivity index (χ2v) is 32.3. The van der Waals surface area contributed by atoms with Crippen LogP contribution in [0.2, 0.25) is 20.1 Å². The zero-order chi connectivity index (χ0) is 75.0. The molecule has 0 unspecified atom stereocenters. The van der Waals surface area contributed by atoms with E-state index in [9.17, 15) is 40.9 Å². The zero-order valence-electron chi connectivity index (χ0n) is 57.4. The van der Waals surface area contributed by atoms with E-state index in [1.54, 1.807) is 111 Å². The number of aromatic nitrogens is 4. The summed E-state index contributed by atoms with van der Waals surface area (Å²) >= 11 is 27.8. The van der Waals surface area contributed by atoms with Gasteiger partial charge in [0.05, 0.1) is 37.8 Å². The zero-order valence-corrected chi connectivity index (χ0v) is 64.7. The lowest BCUT2D eigenvalue weighted by Gasteiger charge is -2.19. The first-order chi connectivity index (χ1) is 49.2. The first kappa shape index (κ1) is 85.8. The van der Waals surface area contributed by atoms with Crippen molar-refractivity contribution in [1.29, 1.82) is 0 Å². The summed E-state index contributed by atoms with van der Waals surface area (Å²) < 4.78 is 123. The van der Waals surface area contributed by atoms with Crippen LogP contribution in [0.25, 0.3) is 0 Å². The minimum atomic E-state index is -5.93. The van der Waals surface area contributed by atoms with Crippen LogP contribution in [0.3, 0.4) is 0 Å². The van der Waals surface area contributed by atoms with Gasteiger partial charge in [-0.15, -0.1) is 0 Å². The Kier molecular flexibility index (Phi) is 36.2. The molecule has 10 aromatic rings. The normalized spacial score (nSPS) is 11.6. The van der Waals surface area contributed by atoms with Crippen molar-refractivity contribution in [3.8, 4) is 0 Å². The quantitative estimate of drug-likeness (QED) is 0.0254. The van der Waals surface area contributed by atoms with Gasteiger partial charge in [-0.1, -0.05) is 280 Å². The number of halogens is 7. The molecule has 0 atom stereocenters. The van der Waals surface area contributed by atoms with Crippen LogP contribution in [0.5, 0.6) is 0 Å². The van der Waals surface area contributed by atoms with E-state index in [1.165, 1.54) is 7.11 Å². The van der Waals surface area contributed by atoms with Crippen LogP contribution in [-0.4, -0.2) is 77.3 Å². The molecule has 0 amide bonds. The highest BCUT2D eigenvalue weighted by Crippen LogP contribution is 2.52. The predicted octanol–water partition coefficient (Wildman–Crippen LogP) is 20.9. The molecule has 0 saturated heterocycles. The molecule has 2 aromatic heterocycles. The highest BCUT2D eigenvalue weighted by Gasteiger charge is 2.49. The molecule has 0 radical (unpaired) electrons. The number of hydrogen-bond acceptors (Lipinski definition) is 17. The van der Waals surface area contributed by atoms with Crippen LogP contribution in [0.1, 0.15) is 95.9 Å². The van der Waals surface area contributed by atoms with E-state index in [-0.39, 0.29) is 57.8 Å². The molecule has 0 aliphatic carbocycles. The van der Waals surface area contributed by atoms with Gasteiger partial charge in [-0.2, -0.15) is 21.6 Å². The third-order valence-electron chi connectivity index (χ3n) is 13.9. The van der Waals surface area contributed by atoms with E-state index < -0.39 is 37.2 Å². The molecule has 0 saturated carbocycles. The lowest BCUT2D eigenvalue weighted by Crippen LogP contribution is -2.26. The van der Waals surface area contributed by atoms with E-state index in [4.69, 9.17) is 79.2 Å². The van der Waals surface area contributed by atoms with E-state index in [0.717, 1.165) is 53.5 Å². The van der Waals surface area contributed by atoms with Crippen molar-refractivity contribution < 1.29 is 72.7 Å². The Labute approximate surface area is 629 Å². The number of benzene rings is 8. The summed E-state index contributed by atoms with van der Waals surface area (Å²) in [6.45, 7) is 9.43. The van der Waals surface area contributed by atoms with Crippen molar-refractivity contribution in [2.45, 2.75) is 118 Å². The Morgan fingerprint density at radius 2 is 0.718 bits per heavy atom. The molecule has 0 fully saturated rings. The number of alkyl halides is 3. The average molecular weight is 1590 g/mol. The van der Waals surface area contributed by atoms with E-state index in [0.29, 0.717) is 56.0 Å². The van der Waals surface area contributed by atoms with Gasteiger partial charge in [-0.3, -0.25) is 13.3 Å². The van der Waals surface area contributed by atoms with E-state index in [1.807, 2.05) is 121 Å². The summed E-state index contributed by atoms with van der Waals surface area (Å²) in [5.41, 5.74) is 1.61. The van der Waals surface area contributed by atoms with Gasteiger partial charge in [0.15, 0.2) is 6.35 Å². The third-order valence-corrected chi connectivity index (χ3v) is 21.3. The van der Waals surface area contributed by atoms with Crippen molar-refractivity contribution in [1.82, 2.24) is 19.1 Å². The van der Waals surface area contributed by atoms with Crippen LogP contribution >= 0.6 is 85.1 Å². The van der Waals surface area contributed by atoms with Crippen LogP contribution in [0.15, 0.2) is 238 Å². The van der Waals surface area contributed by atoms with Gasteiger partial charge in [0.1, 0.15) is 41.3 Å². The second-order valence-electron chi connectivity index (χ2n) is 22.9. The SMILES string of the molecule is CC(C)c1nc(CO)n(Cc2ccccc2)c1Sc1cc(Cl)cc(Cl)c1.CC(C)c1nc(CO)n(Cc2ccccc2)c1Sc1cc(Cl)cc(Cl)c1.COC.COCP(=O)(OCc1ccccc1)OCc1ccccc1.O=P(COS(=O)(=O)C(F)(F)F)(OCc1ccccc1)OCc1ccccc1. The van der Waals surface area contributed by atoms with Gasteiger partial charge in [0, 0.05) is 64.3 Å². The average Bonchev–Trinajstić information content (AvgIpc) is 1.67. The molecule has 8 aromatic carbocycles. The number of imidazole rings is 2. The van der Waals surface area contributed by atoms with Crippen LogP contribution < -0.4 is 0 Å². The first-order valence-electron chi connectivity index (χ1n) is 31.7. The molecule has 29 heteroatoms. The highest BCUT2D eigenvalue weighted by atomic mass is 35.5. The number of nitrogens with zero attached hydrogens (tertiary/aromatic N) is 4. The van der Waals surface area contributed by atoms with Crippen molar-refractivity contribution >= 4 is 95.2 Å². The summed E-state index contributed by atoms with van der Waals surface area (Å²) in [5, 5.41) is 24.1. The number of aliphatic hydroxyl groups is 2. The Bertz CT molecular complexity index is 4090. The summed E-state index contributed by atoms with van der Waals surface area (Å²) in [4.78, 5) is 11.3. The lowest BCUT2D eigenvalue weighted by atomic mass is 10.1. The number of hydrogen-bond donors (Lipinski definition) is 2. The molecular weight excluding hydrogens is 1510 g/mol. The third kappa shape index (κ3) is 29.3. The number of methoxy groups -OCH3 is 2. The standard InChI is InChI=1S/2C20H20Cl2N2OS.C16H16F3O6PS.C16H19O4P.C2H6O/c2*1-13(2)19-20(26-17-9-15(21)8-16(22)10-17)24(18(12-25)23-19)11-14-6-4-3-5-7-14;17-16(18,19)27(21,22)25-13-26(20,23-11-14-7-3-1-4-8-14)24-12-15-9-5-2-6-10-15;1-18-14-21(17,19-12-15-8-4-2-5-9-15)20-13-16-10-6-3-7-11-16;1-3-2/h2*3-10,13,25H,11-12H2,1-2H3;1-10H,11-13H2;2-11H,12-14H2,1H3;1-2H3. The first-order valence-corrected chi connectivity index (χ1v) is 39.7. The smallest absolute Gasteiger partial charge is 0.388 e. The van der Waals surface area contributed by atoms with Gasteiger partial charge in [0.25, 0.3) is 0 Å². The summed E-state index contributed by atoms with van der Waals surface area (Å²) in [6.07, 6.45) is -1.46. The molecule has 17 nitrogen and oxygen atoms in total.